The van der Waals surface area contributed by atoms with E-state index in [4.69, 9.17) is 10.7 Å². The van der Waals surface area contributed by atoms with Gasteiger partial charge in [-0.05, 0) is 52.0 Å². The molecule has 1 aromatic carbocycles. The quantitative estimate of drug-likeness (QED) is 0.754. The third-order valence-corrected chi connectivity index (χ3v) is 4.62. The first kappa shape index (κ1) is 12.8. The third-order valence-electron chi connectivity index (χ3n) is 3.11. The molecule has 3 aromatic rings. The summed E-state index contributed by atoms with van der Waals surface area (Å²) >= 11 is 5.30. The molecule has 0 aliphatic carbocycles. The maximum absolute atomic E-state index is 6.34. The Hall–Kier alpha value is -1.23. The van der Waals surface area contributed by atoms with E-state index in [1.807, 2.05) is 18.2 Å². The molecule has 2 N–H and O–H groups in total. The molecule has 2 aromatic heterocycles. The van der Waals surface area contributed by atoms with Gasteiger partial charge in [0.1, 0.15) is 0 Å². The fourth-order valence-electron chi connectivity index (χ4n) is 2.11. The topological polar surface area (TPSA) is 38.9 Å². The van der Waals surface area contributed by atoms with Crippen molar-refractivity contribution in [1.29, 1.82) is 0 Å². The summed E-state index contributed by atoms with van der Waals surface area (Å²) in [6.07, 6.45) is 0. The maximum Gasteiger partial charge on any atom is 0.0766 e. The second-order valence-electron chi connectivity index (χ2n) is 4.52. The number of pyridine rings is 1. The lowest BCUT2D eigenvalue weighted by molar-refractivity contribution is 0.833. The number of fused-ring (bicyclic) bond motifs is 1. The minimum atomic E-state index is -0.191. The lowest BCUT2D eigenvalue weighted by Gasteiger charge is -2.12. The number of benzene rings is 1. The predicted octanol–water partition coefficient (Wildman–Crippen LogP) is 4.42. The first-order valence-electron chi connectivity index (χ1n) is 6.01. The van der Waals surface area contributed by atoms with Crippen LogP contribution in [0, 0.1) is 6.92 Å². The zero-order chi connectivity index (χ0) is 13.4. The minimum Gasteiger partial charge on any atom is -0.319 e. The van der Waals surface area contributed by atoms with Crippen molar-refractivity contribution in [2.45, 2.75) is 13.0 Å². The first-order chi connectivity index (χ1) is 9.15. The Balaban J connectivity index is 2.11. The van der Waals surface area contributed by atoms with Gasteiger partial charge in [0.15, 0.2) is 0 Å². The SMILES string of the molecule is Cc1cc(C(N)c2nc3ccccc3cc2Br)cs1. The number of halogens is 1. The zero-order valence-electron chi connectivity index (χ0n) is 10.4. The molecule has 0 amide bonds. The summed E-state index contributed by atoms with van der Waals surface area (Å²) in [5.41, 5.74) is 9.31. The molecule has 0 bridgehead atoms. The van der Waals surface area contributed by atoms with Crippen molar-refractivity contribution in [3.05, 3.63) is 62.4 Å². The number of hydrogen-bond acceptors (Lipinski definition) is 3. The van der Waals surface area contributed by atoms with E-state index in [1.165, 1.54) is 4.88 Å². The number of rotatable bonds is 2. The molecule has 0 radical (unpaired) electrons. The first-order valence-corrected chi connectivity index (χ1v) is 7.68. The van der Waals surface area contributed by atoms with Crippen LogP contribution in [0.2, 0.25) is 0 Å². The largest absolute Gasteiger partial charge is 0.319 e. The number of thiophene rings is 1. The number of aryl methyl sites for hydroxylation is 1. The van der Waals surface area contributed by atoms with Gasteiger partial charge in [-0.15, -0.1) is 11.3 Å². The van der Waals surface area contributed by atoms with Crippen molar-refractivity contribution in [1.82, 2.24) is 4.98 Å². The Kier molecular flexibility index (Phi) is 3.39. The van der Waals surface area contributed by atoms with E-state index in [9.17, 15) is 0 Å². The fraction of sp³-hybridized carbons (Fsp3) is 0.133. The number of aromatic nitrogens is 1. The molecular formula is C15H13BrN2S. The summed E-state index contributed by atoms with van der Waals surface area (Å²) in [4.78, 5) is 5.96. The Labute approximate surface area is 124 Å². The van der Waals surface area contributed by atoms with Gasteiger partial charge >= 0.3 is 0 Å². The van der Waals surface area contributed by atoms with E-state index in [1.54, 1.807) is 11.3 Å². The maximum atomic E-state index is 6.34. The molecule has 4 heteroatoms. The van der Waals surface area contributed by atoms with Gasteiger partial charge in [0.2, 0.25) is 0 Å². The molecule has 0 aliphatic rings. The van der Waals surface area contributed by atoms with E-state index >= 15 is 0 Å². The smallest absolute Gasteiger partial charge is 0.0766 e. The number of hydrogen-bond donors (Lipinski definition) is 1. The van der Waals surface area contributed by atoms with Crippen molar-refractivity contribution < 1.29 is 0 Å². The highest BCUT2D eigenvalue weighted by Crippen LogP contribution is 2.30. The molecule has 3 rings (SSSR count). The molecule has 19 heavy (non-hydrogen) atoms. The molecule has 1 atom stereocenters. The van der Waals surface area contributed by atoms with Crippen LogP contribution >= 0.6 is 27.3 Å². The summed E-state index contributed by atoms with van der Waals surface area (Å²) in [5.74, 6) is 0. The van der Waals surface area contributed by atoms with Crippen molar-refractivity contribution in [2.24, 2.45) is 5.73 Å². The van der Waals surface area contributed by atoms with Crippen LogP contribution in [-0.2, 0) is 0 Å². The van der Waals surface area contributed by atoms with Gasteiger partial charge in [0.05, 0.1) is 17.3 Å². The van der Waals surface area contributed by atoms with E-state index in [0.29, 0.717) is 0 Å². The molecule has 2 nitrogen and oxygen atoms in total. The Morgan fingerprint density at radius 1 is 1.26 bits per heavy atom. The molecule has 2 heterocycles. The van der Waals surface area contributed by atoms with Gasteiger partial charge in [-0.1, -0.05) is 18.2 Å². The summed E-state index contributed by atoms with van der Waals surface area (Å²) in [5, 5.41) is 3.22. The van der Waals surface area contributed by atoms with Gasteiger partial charge < -0.3 is 5.73 Å². The van der Waals surface area contributed by atoms with Crippen LogP contribution in [0.4, 0.5) is 0 Å². The summed E-state index contributed by atoms with van der Waals surface area (Å²) < 4.78 is 0.961. The monoisotopic (exact) mass is 332 g/mol. The minimum absolute atomic E-state index is 0.191. The van der Waals surface area contributed by atoms with Gasteiger partial charge in [-0.3, -0.25) is 0 Å². The van der Waals surface area contributed by atoms with Crippen molar-refractivity contribution >= 4 is 38.2 Å². The van der Waals surface area contributed by atoms with Crippen molar-refractivity contribution in [3.8, 4) is 0 Å². The molecule has 0 fully saturated rings. The molecular weight excluding hydrogens is 320 g/mol. The second kappa shape index (κ2) is 5.04. The van der Waals surface area contributed by atoms with E-state index in [2.05, 4.69) is 46.4 Å². The highest BCUT2D eigenvalue weighted by atomic mass is 79.9. The Morgan fingerprint density at radius 2 is 2.05 bits per heavy atom. The van der Waals surface area contributed by atoms with Crippen molar-refractivity contribution in [2.75, 3.05) is 0 Å². The lowest BCUT2D eigenvalue weighted by Crippen LogP contribution is -2.13. The van der Waals surface area contributed by atoms with E-state index < -0.39 is 0 Å². The lowest BCUT2D eigenvalue weighted by atomic mass is 10.1. The van der Waals surface area contributed by atoms with Crippen LogP contribution in [0.3, 0.4) is 0 Å². The van der Waals surface area contributed by atoms with Crippen LogP contribution in [0.1, 0.15) is 22.2 Å². The fourth-order valence-corrected chi connectivity index (χ4v) is 3.43. The average molecular weight is 333 g/mol. The highest BCUT2D eigenvalue weighted by molar-refractivity contribution is 9.10. The van der Waals surface area contributed by atoms with E-state index in [0.717, 1.165) is 26.6 Å². The molecule has 0 saturated carbocycles. The number of nitrogens with zero attached hydrogens (tertiary/aromatic N) is 1. The normalized spacial score (nSPS) is 12.8. The van der Waals surface area contributed by atoms with Crippen LogP contribution in [0.15, 0.2) is 46.3 Å². The Morgan fingerprint density at radius 3 is 2.79 bits per heavy atom. The van der Waals surface area contributed by atoms with Gasteiger partial charge in [0, 0.05) is 14.7 Å². The number of nitrogens with two attached hydrogens (primary N) is 1. The summed E-state index contributed by atoms with van der Waals surface area (Å²) in [6, 6.07) is 12.1. The summed E-state index contributed by atoms with van der Waals surface area (Å²) in [6.45, 7) is 2.09. The molecule has 0 saturated heterocycles. The van der Waals surface area contributed by atoms with Gasteiger partial charge in [0.25, 0.3) is 0 Å². The third kappa shape index (κ3) is 2.43. The molecule has 0 aliphatic heterocycles. The van der Waals surface area contributed by atoms with Crippen LogP contribution in [0.25, 0.3) is 10.9 Å². The van der Waals surface area contributed by atoms with E-state index in [-0.39, 0.29) is 6.04 Å². The highest BCUT2D eigenvalue weighted by Gasteiger charge is 2.16. The van der Waals surface area contributed by atoms with Gasteiger partial charge in [-0.25, -0.2) is 4.98 Å². The zero-order valence-corrected chi connectivity index (χ0v) is 12.8. The van der Waals surface area contributed by atoms with Crippen molar-refractivity contribution in [3.63, 3.8) is 0 Å². The molecule has 0 spiro atoms. The van der Waals surface area contributed by atoms with Crippen LogP contribution in [0.5, 0.6) is 0 Å². The standard InChI is InChI=1S/C15H13BrN2S/c1-9-6-11(8-19-9)14(17)15-12(16)7-10-4-2-3-5-13(10)18-15/h2-8,14H,17H2,1H3. The Bertz CT molecular complexity index is 736. The molecule has 96 valence electrons. The number of para-hydroxylation sites is 1. The van der Waals surface area contributed by atoms with Crippen LogP contribution in [-0.4, -0.2) is 4.98 Å². The predicted molar refractivity (Wildman–Crippen MR) is 84.5 cm³/mol. The second-order valence-corrected chi connectivity index (χ2v) is 6.49. The van der Waals surface area contributed by atoms with Crippen LogP contribution < -0.4 is 5.73 Å². The average Bonchev–Trinajstić information content (AvgIpc) is 2.84. The van der Waals surface area contributed by atoms with Gasteiger partial charge in [-0.2, -0.15) is 0 Å². The summed E-state index contributed by atoms with van der Waals surface area (Å²) in [7, 11) is 0. The molecule has 1 unspecified atom stereocenters.